The molecule has 0 aliphatic carbocycles. The molecule has 0 aromatic carbocycles. The van der Waals surface area contributed by atoms with Crippen LogP contribution in [0.25, 0.3) is 0 Å². The summed E-state index contributed by atoms with van der Waals surface area (Å²) >= 11 is 0. The average Bonchev–Trinajstić information content (AvgIpc) is 2.17. The Bertz CT molecular complexity index is 193. The number of ether oxygens (including phenoxy) is 3. The zero-order valence-corrected chi connectivity index (χ0v) is 7.77. The van der Waals surface area contributed by atoms with E-state index in [-0.39, 0.29) is 0 Å². The molecule has 0 spiro atoms. The maximum absolute atomic E-state index is 11.0. The first-order chi connectivity index (χ1) is 6.08. The number of methoxy groups -OCH3 is 3. The summed E-state index contributed by atoms with van der Waals surface area (Å²) in [6.45, 7) is 0. The third-order valence-electron chi connectivity index (χ3n) is 1.49. The molecule has 0 saturated heterocycles. The monoisotopic (exact) mass is 191 g/mol. The van der Waals surface area contributed by atoms with Crippen molar-refractivity contribution in [1.82, 2.24) is 0 Å². The van der Waals surface area contributed by atoms with E-state index in [9.17, 15) is 9.59 Å². The minimum atomic E-state index is -1.16. The highest BCUT2D eigenvalue weighted by molar-refractivity contribution is 5.86. The van der Waals surface area contributed by atoms with E-state index in [0.29, 0.717) is 0 Å². The molecule has 0 heterocycles. The van der Waals surface area contributed by atoms with E-state index < -0.39 is 24.1 Å². The second kappa shape index (κ2) is 5.50. The molecule has 0 bridgehead atoms. The Morgan fingerprint density at radius 2 is 1.54 bits per heavy atom. The zero-order chi connectivity index (χ0) is 10.4. The lowest BCUT2D eigenvalue weighted by Crippen LogP contribution is -2.48. The van der Waals surface area contributed by atoms with Crippen molar-refractivity contribution in [2.45, 2.75) is 12.1 Å². The standard InChI is InChI=1S/C7H13NO5/c1-11-5(7(10)13-3)4(8)6(9)12-2/h4-5H,8H2,1-3H3/t4-,5+/m0/s1. The largest absolute Gasteiger partial charge is 0.468 e. The van der Waals surface area contributed by atoms with Gasteiger partial charge >= 0.3 is 11.9 Å². The summed E-state index contributed by atoms with van der Waals surface area (Å²) in [5.41, 5.74) is 5.36. The van der Waals surface area contributed by atoms with Gasteiger partial charge in [-0.25, -0.2) is 4.79 Å². The molecular weight excluding hydrogens is 178 g/mol. The molecule has 0 aliphatic rings. The van der Waals surface area contributed by atoms with Gasteiger partial charge in [0.05, 0.1) is 14.2 Å². The molecule has 13 heavy (non-hydrogen) atoms. The highest BCUT2D eigenvalue weighted by atomic mass is 16.6. The quantitative estimate of drug-likeness (QED) is 0.554. The molecular formula is C7H13NO5. The minimum Gasteiger partial charge on any atom is -0.468 e. The lowest BCUT2D eigenvalue weighted by molar-refractivity contribution is -0.160. The third kappa shape index (κ3) is 3.00. The maximum Gasteiger partial charge on any atom is 0.337 e. The molecule has 0 radical (unpaired) electrons. The van der Waals surface area contributed by atoms with Crippen molar-refractivity contribution in [3.63, 3.8) is 0 Å². The molecule has 76 valence electrons. The zero-order valence-electron chi connectivity index (χ0n) is 7.77. The number of esters is 2. The van der Waals surface area contributed by atoms with E-state index in [2.05, 4.69) is 14.2 Å². The number of rotatable bonds is 4. The summed E-state index contributed by atoms with van der Waals surface area (Å²) in [7, 11) is 3.61. The van der Waals surface area contributed by atoms with E-state index in [4.69, 9.17) is 5.73 Å². The summed E-state index contributed by atoms with van der Waals surface area (Å²) in [6.07, 6.45) is -1.13. The first-order valence-electron chi connectivity index (χ1n) is 3.52. The normalized spacial score (nSPS) is 14.5. The molecule has 0 unspecified atom stereocenters. The van der Waals surface area contributed by atoms with Gasteiger partial charge in [0, 0.05) is 7.11 Å². The number of carbonyl (C=O) groups is 2. The van der Waals surface area contributed by atoms with Crippen molar-refractivity contribution in [2.75, 3.05) is 21.3 Å². The fourth-order valence-electron chi connectivity index (χ4n) is 0.765. The van der Waals surface area contributed by atoms with Crippen LogP contribution in [0.1, 0.15) is 0 Å². The van der Waals surface area contributed by atoms with Gasteiger partial charge in [-0.2, -0.15) is 0 Å². The van der Waals surface area contributed by atoms with Gasteiger partial charge in [-0.05, 0) is 0 Å². The van der Waals surface area contributed by atoms with E-state index in [1.54, 1.807) is 0 Å². The molecule has 6 heteroatoms. The van der Waals surface area contributed by atoms with Gasteiger partial charge in [-0.1, -0.05) is 0 Å². The number of hydrogen-bond donors (Lipinski definition) is 1. The van der Waals surface area contributed by atoms with Crippen LogP contribution < -0.4 is 5.73 Å². The van der Waals surface area contributed by atoms with Crippen LogP contribution in [0.2, 0.25) is 0 Å². The van der Waals surface area contributed by atoms with Gasteiger partial charge in [-0.3, -0.25) is 4.79 Å². The van der Waals surface area contributed by atoms with Crippen LogP contribution in [0.15, 0.2) is 0 Å². The van der Waals surface area contributed by atoms with E-state index in [0.717, 1.165) is 0 Å². The van der Waals surface area contributed by atoms with Gasteiger partial charge < -0.3 is 19.9 Å². The van der Waals surface area contributed by atoms with Crippen molar-refractivity contribution < 1.29 is 23.8 Å². The van der Waals surface area contributed by atoms with E-state index in [1.165, 1.54) is 21.3 Å². The highest BCUT2D eigenvalue weighted by Crippen LogP contribution is 2.00. The smallest absolute Gasteiger partial charge is 0.337 e. The molecule has 0 rings (SSSR count). The molecule has 0 amide bonds. The molecule has 0 aliphatic heterocycles. The summed E-state index contributed by atoms with van der Waals surface area (Å²) in [5, 5.41) is 0. The van der Waals surface area contributed by atoms with Gasteiger partial charge in [0.2, 0.25) is 0 Å². The first kappa shape index (κ1) is 11.9. The van der Waals surface area contributed by atoms with Crippen molar-refractivity contribution in [1.29, 1.82) is 0 Å². The van der Waals surface area contributed by atoms with Crippen LogP contribution in [-0.2, 0) is 23.8 Å². The fraction of sp³-hybridized carbons (Fsp3) is 0.714. The van der Waals surface area contributed by atoms with Gasteiger partial charge in [0.1, 0.15) is 6.04 Å². The topological polar surface area (TPSA) is 87.9 Å². The van der Waals surface area contributed by atoms with Gasteiger partial charge in [0.15, 0.2) is 6.10 Å². The van der Waals surface area contributed by atoms with Crippen molar-refractivity contribution in [2.24, 2.45) is 5.73 Å². The molecule has 0 saturated carbocycles. The first-order valence-corrected chi connectivity index (χ1v) is 3.52. The Morgan fingerprint density at radius 3 is 1.85 bits per heavy atom. The van der Waals surface area contributed by atoms with Crippen LogP contribution in [0.3, 0.4) is 0 Å². The summed E-state index contributed by atoms with van der Waals surface area (Å²) in [5.74, 6) is -1.43. The Balaban J connectivity index is 4.39. The minimum absolute atomic E-state index is 0.708. The average molecular weight is 191 g/mol. The van der Waals surface area contributed by atoms with Crippen LogP contribution in [0.4, 0.5) is 0 Å². The summed E-state index contributed by atoms with van der Waals surface area (Å²) in [4.78, 5) is 21.9. The molecule has 0 aromatic heterocycles. The Kier molecular flexibility index (Phi) is 5.01. The van der Waals surface area contributed by atoms with Crippen LogP contribution >= 0.6 is 0 Å². The second-order valence-electron chi connectivity index (χ2n) is 2.23. The summed E-state index contributed by atoms with van der Waals surface area (Å²) in [6, 6.07) is -1.16. The van der Waals surface area contributed by atoms with Crippen molar-refractivity contribution in [3.8, 4) is 0 Å². The fourth-order valence-corrected chi connectivity index (χ4v) is 0.765. The lowest BCUT2D eigenvalue weighted by Gasteiger charge is -2.17. The predicted octanol–water partition coefficient (Wildman–Crippen LogP) is -1.33. The van der Waals surface area contributed by atoms with Gasteiger partial charge in [0.25, 0.3) is 0 Å². The lowest BCUT2D eigenvalue weighted by atomic mass is 10.2. The maximum atomic E-state index is 11.0. The predicted molar refractivity (Wildman–Crippen MR) is 42.8 cm³/mol. The molecule has 2 atom stereocenters. The Labute approximate surface area is 75.9 Å². The van der Waals surface area contributed by atoms with Crippen LogP contribution in [0, 0.1) is 0 Å². The van der Waals surface area contributed by atoms with Crippen LogP contribution in [0.5, 0.6) is 0 Å². The molecule has 6 nitrogen and oxygen atoms in total. The highest BCUT2D eigenvalue weighted by Gasteiger charge is 2.32. The molecule has 2 N–H and O–H groups in total. The SMILES string of the molecule is COC(=O)[C@@H](N)[C@@H](OC)C(=O)OC. The number of nitrogens with two attached hydrogens (primary N) is 1. The van der Waals surface area contributed by atoms with Crippen molar-refractivity contribution in [3.05, 3.63) is 0 Å². The van der Waals surface area contributed by atoms with E-state index >= 15 is 0 Å². The van der Waals surface area contributed by atoms with E-state index in [1.807, 2.05) is 0 Å². The third-order valence-corrected chi connectivity index (χ3v) is 1.49. The Hall–Kier alpha value is -1.14. The van der Waals surface area contributed by atoms with Crippen LogP contribution in [-0.4, -0.2) is 45.4 Å². The Morgan fingerprint density at radius 1 is 1.08 bits per heavy atom. The van der Waals surface area contributed by atoms with Crippen molar-refractivity contribution >= 4 is 11.9 Å². The van der Waals surface area contributed by atoms with Gasteiger partial charge in [-0.15, -0.1) is 0 Å². The number of hydrogen-bond acceptors (Lipinski definition) is 6. The second-order valence-corrected chi connectivity index (χ2v) is 2.23. The molecule has 0 fully saturated rings. The number of carbonyl (C=O) groups excluding carboxylic acids is 2. The summed E-state index contributed by atoms with van der Waals surface area (Å²) < 4.78 is 13.4. The molecule has 0 aromatic rings.